The summed E-state index contributed by atoms with van der Waals surface area (Å²) in [5.41, 5.74) is 1.23. The van der Waals surface area contributed by atoms with Crippen molar-refractivity contribution in [2.24, 2.45) is 13.0 Å². The fourth-order valence-corrected chi connectivity index (χ4v) is 3.54. The number of methoxy groups -OCH3 is 1. The highest BCUT2D eigenvalue weighted by molar-refractivity contribution is 5.31. The van der Waals surface area contributed by atoms with Gasteiger partial charge in [-0.3, -0.25) is 0 Å². The van der Waals surface area contributed by atoms with Gasteiger partial charge in [0.05, 0.1) is 18.4 Å². The van der Waals surface area contributed by atoms with Crippen LogP contribution in [0.25, 0.3) is 0 Å². The van der Waals surface area contributed by atoms with E-state index in [1.165, 1.54) is 0 Å². The van der Waals surface area contributed by atoms with E-state index in [0.29, 0.717) is 25.3 Å². The molecule has 1 atom stereocenters. The van der Waals surface area contributed by atoms with E-state index >= 15 is 0 Å². The van der Waals surface area contributed by atoms with Gasteiger partial charge in [-0.15, -0.1) is 0 Å². The molecule has 6 nitrogen and oxygen atoms in total. The van der Waals surface area contributed by atoms with Crippen molar-refractivity contribution >= 4 is 0 Å². The Balaban J connectivity index is 1.60. The minimum atomic E-state index is -4.38. The second-order valence-corrected chi connectivity index (χ2v) is 6.64. The SMILES string of the molecule is CCc1nn(C)c(OC)c1CNC[C@@H]1CCc2nc(C(F)(F)F)cn2C1. The van der Waals surface area contributed by atoms with Crippen LogP contribution in [0.1, 0.15) is 36.1 Å². The van der Waals surface area contributed by atoms with Gasteiger partial charge in [-0.1, -0.05) is 6.92 Å². The first-order valence-electron chi connectivity index (χ1n) is 8.76. The summed E-state index contributed by atoms with van der Waals surface area (Å²) < 4.78 is 47.2. The first kappa shape index (κ1) is 18.8. The molecule has 0 radical (unpaired) electrons. The molecule has 0 unspecified atom stereocenters. The van der Waals surface area contributed by atoms with Crippen LogP contribution in [-0.4, -0.2) is 33.0 Å². The van der Waals surface area contributed by atoms with Crippen molar-refractivity contribution in [3.63, 3.8) is 0 Å². The molecule has 1 N–H and O–H groups in total. The Labute approximate surface area is 150 Å². The molecule has 9 heteroatoms. The minimum Gasteiger partial charge on any atom is -0.481 e. The van der Waals surface area contributed by atoms with Crippen molar-refractivity contribution in [1.29, 1.82) is 0 Å². The van der Waals surface area contributed by atoms with Crippen LogP contribution in [-0.2, 0) is 39.2 Å². The molecular weight excluding hydrogens is 347 g/mol. The van der Waals surface area contributed by atoms with E-state index in [9.17, 15) is 13.2 Å². The van der Waals surface area contributed by atoms with Crippen molar-refractivity contribution in [3.05, 3.63) is 29.0 Å². The molecular formula is C17H24F3N5O. The smallest absolute Gasteiger partial charge is 0.434 e. The van der Waals surface area contributed by atoms with E-state index in [4.69, 9.17) is 4.74 Å². The number of alkyl halides is 3. The summed E-state index contributed by atoms with van der Waals surface area (Å²) in [4.78, 5) is 3.72. The summed E-state index contributed by atoms with van der Waals surface area (Å²) in [6.45, 7) is 3.95. The number of rotatable bonds is 6. The highest BCUT2D eigenvalue weighted by atomic mass is 19.4. The van der Waals surface area contributed by atoms with Gasteiger partial charge >= 0.3 is 6.18 Å². The molecule has 0 bridgehead atoms. The number of ether oxygens (including phenoxy) is 1. The standard InChI is InChI=1S/C17H24F3N5O/c1-4-13-12(16(26-3)24(2)23-13)8-21-7-11-5-6-15-22-14(17(18,19)20)10-25(15)9-11/h10-11,21H,4-9H2,1-3H3/t11-/m0/s1. The normalized spacial score (nSPS) is 17.4. The summed E-state index contributed by atoms with van der Waals surface area (Å²) >= 11 is 0. The number of imidazole rings is 1. The Hall–Kier alpha value is -2.03. The van der Waals surface area contributed by atoms with Gasteiger partial charge < -0.3 is 14.6 Å². The van der Waals surface area contributed by atoms with Crippen molar-refractivity contribution in [2.75, 3.05) is 13.7 Å². The first-order chi connectivity index (χ1) is 12.3. The number of nitrogens with one attached hydrogen (secondary N) is 1. The van der Waals surface area contributed by atoms with Crippen molar-refractivity contribution in [3.8, 4) is 5.88 Å². The maximum atomic E-state index is 12.8. The third-order valence-corrected chi connectivity index (χ3v) is 4.81. The minimum absolute atomic E-state index is 0.269. The van der Waals surface area contributed by atoms with Crippen LogP contribution in [0.5, 0.6) is 5.88 Å². The van der Waals surface area contributed by atoms with E-state index in [0.717, 1.165) is 42.7 Å². The third-order valence-electron chi connectivity index (χ3n) is 4.81. The highest BCUT2D eigenvalue weighted by Crippen LogP contribution is 2.30. The summed E-state index contributed by atoms with van der Waals surface area (Å²) in [7, 11) is 3.47. The number of aromatic nitrogens is 4. The van der Waals surface area contributed by atoms with Gasteiger partial charge in [0, 0.05) is 32.8 Å². The Kier molecular flexibility index (Phi) is 5.27. The van der Waals surface area contributed by atoms with Gasteiger partial charge in [0.15, 0.2) is 5.69 Å². The Morgan fingerprint density at radius 1 is 1.38 bits per heavy atom. The number of hydrogen-bond acceptors (Lipinski definition) is 4. The fourth-order valence-electron chi connectivity index (χ4n) is 3.54. The molecule has 3 rings (SSSR count). The molecule has 0 saturated carbocycles. The fraction of sp³-hybridized carbons (Fsp3) is 0.647. The molecule has 1 aliphatic rings. The summed E-state index contributed by atoms with van der Waals surface area (Å²) in [6, 6.07) is 0. The second kappa shape index (κ2) is 7.30. The van der Waals surface area contributed by atoms with Crippen LogP contribution >= 0.6 is 0 Å². The molecule has 144 valence electrons. The molecule has 0 aromatic carbocycles. The summed E-state index contributed by atoms with van der Waals surface area (Å²) in [5, 5.41) is 7.87. The lowest BCUT2D eigenvalue weighted by Crippen LogP contribution is -2.30. The maximum absolute atomic E-state index is 12.8. The van der Waals surface area contributed by atoms with Gasteiger partial charge in [-0.05, 0) is 25.3 Å². The van der Waals surface area contributed by atoms with Gasteiger partial charge in [-0.2, -0.15) is 18.3 Å². The molecule has 1 aliphatic heterocycles. The Bertz CT molecular complexity index is 765. The number of fused-ring (bicyclic) bond motifs is 1. The summed E-state index contributed by atoms with van der Waals surface area (Å²) in [5.74, 6) is 1.53. The molecule has 0 amide bonds. The van der Waals surface area contributed by atoms with Crippen molar-refractivity contribution < 1.29 is 17.9 Å². The number of aryl methyl sites for hydroxylation is 3. The third kappa shape index (κ3) is 3.72. The predicted molar refractivity (Wildman–Crippen MR) is 89.9 cm³/mol. The van der Waals surface area contributed by atoms with E-state index in [2.05, 4.69) is 15.4 Å². The predicted octanol–water partition coefficient (Wildman–Crippen LogP) is 2.56. The maximum Gasteiger partial charge on any atom is 0.434 e. The zero-order chi connectivity index (χ0) is 18.9. The molecule has 0 saturated heterocycles. The average molecular weight is 371 g/mol. The van der Waals surface area contributed by atoms with Crippen molar-refractivity contribution in [2.45, 2.75) is 45.5 Å². The molecule has 2 aromatic rings. The largest absolute Gasteiger partial charge is 0.481 e. The van der Waals surface area contributed by atoms with Crippen LogP contribution in [0.3, 0.4) is 0 Å². The molecule has 3 heterocycles. The topological polar surface area (TPSA) is 56.9 Å². The summed E-state index contributed by atoms with van der Waals surface area (Å²) in [6.07, 6.45) is -1.05. The van der Waals surface area contributed by atoms with Gasteiger partial charge in [0.1, 0.15) is 5.82 Å². The van der Waals surface area contributed by atoms with Gasteiger partial charge in [0.2, 0.25) is 5.88 Å². The van der Waals surface area contributed by atoms with Crippen molar-refractivity contribution in [1.82, 2.24) is 24.6 Å². The van der Waals surface area contributed by atoms with E-state index in [1.54, 1.807) is 16.4 Å². The zero-order valence-corrected chi connectivity index (χ0v) is 15.2. The first-order valence-corrected chi connectivity index (χ1v) is 8.76. The van der Waals surface area contributed by atoms with Crippen LogP contribution in [0.2, 0.25) is 0 Å². The van der Waals surface area contributed by atoms with Crippen LogP contribution < -0.4 is 10.1 Å². The van der Waals surface area contributed by atoms with Crippen LogP contribution in [0.4, 0.5) is 13.2 Å². The highest BCUT2D eigenvalue weighted by Gasteiger charge is 2.35. The molecule has 0 spiro atoms. The monoisotopic (exact) mass is 371 g/mol. The van der Waals surface area contributed by atoms with Gasteiger partial charge in [0.25, 0.3) is 0 Å². The lowest BCUT2D eigenvalue weighted by Gasteiger charge is -2.24. The Morgan fingerprint density at radius 2 is 2.15 bits per heavy atom. The van der Waals surface area contributed by atoms with E-state index < -0.39 is 11.9 Å². The molecule has 0 aliphatic carbocycles. The average Bonchev–Trinajstić information content (AvgIpc) is 3.15. The lowest BCUT2D eigenvalue weighted by molar-refractivity contribution is -0.141. The van der Waals surface area contributed by atoms with Crippen LogP contribution in [0, 0.1) is 5.92 Å². The zero-order valence-electron chi connectivity index (χ0n) is 15.2. The molecule has 2 aromatic heterocycles. The Morgan fingerprint density at radius 3 is 2.81 bits per heavy atom. The lowest BCUT2D eigenvalue weighted by atomic mass is 9.99. The van der Waals surface area contributed by atoms with Crippen LogP contribution in [0.15, 0.2) is 6.20 Å². The van der Waals surface area contributed by atoms with Gasteiger partial charge in [-0.25, -0.2) is 9.67 Å². The quantitative estimate of drug-likeness (QED) is 0.848. The molecule has 0 fully saturated rings. The number of hydrogen-bond donors (Lipinski definition) is 1. The number of nitrogens with zero attached hydrogens (tertiary/aromatic N) is 4. The number of halogens is 3. The second-order valence-electron chi connectivity index (χ2n) is 6.64. The van der Waals surface area contributed by atoms with E-state index in [1.807, 2.05) is 14.0 Å². The van der Waals surface area contributed by atoms with E-state index in [-0.39, 0.29) is 5.92 Å². The molecule has 26 heavy (non-hydrogen) atoms.